The summed E-state index contributed by atoms with van der Waals surface area (Å²) in [6, 6.07) is 17.3. The Morgan fingerprint density at radius 2 is 1.43 bits per heavy atom. The van der Waals surface area contributed by atoms with Crippen LogP contribution in [-0.4, -0.2) is 23.9 Å². The summed E-state index contributed by atoms with van der Waals surface area (Å²) in [7, 11) is -6.23. The molecule has 7 nitrogen and oxygen atoms in total. The molecule has 0 spiro atoms. The van der Waals surface area contributed by atoms with Crippen LogP contribution in [0.15, 0.2) is 76.5 Å². The molecule has 30 heavy (non-hydrogen) atoms. The van der Waals surface area contributed by atoms with Gasteiger partial charge in [-0.3, -0.25) is 9.44 Å². The number of rotatable bonds is 7. The maximum atomic E-state index is 12.7. The van der Waals surface area contributed by atoms with Crippen LogP contribution in [0.4, 0.5) is 11.4 Å². The van der Waals surface area contributed by atoms with E-state index in [1.807, 2.05) is 13.0 Å². The van der Waals surface area contributed by atoms with Crippen LogP contribution in [0.5, 0.6) is 5.75 Å². The van der Waals surface area contributed by atoms with Gasteiger partial charge in [0, 0.05) is 5.69 Å². The van der Waals surface area contributed by atoms with Gasteiger partial charge in [-0.25, -0.2) is 16.8 Å². The first-order chi connectivity index (χ1) is 14.1. The van der Waals surface area contributed by atoms with Gasteiger partial charge in [0.2, 0.25) is 0 Å². The predicted octanol–water partition coefficient (Wildman–Crippen LogP) is 3.91. The first-order valence-corrected chi connectivity index (χ1v) is 11.9. The van der Waals surface area contributed by atoms with Crippen LogP contribution in [0, 0.1) is 13.8 Å². The lowest BCUT2D eigenvalue weighted by atomic mass is 10.2. The topological polar surface area (TPSA) is 102 Å². The summed E-state index contributed by atoms with van der Waals surface area (Å²) in [6.07, 6.45) is 0. The van der Waals surface area contributed by atoms with Crippen molar-refractivity contribution < 1.29 is 21.6 Å². The molecule has 0 atom stereocenters. The van der Waals surface area contributed by atoms with Crippen molar-refractivity contribution in [2.24, 2.45) is 0 Å². The monoisotopic (exact) mass is 446 g/mol. The first kappa shape index (κ1) is 21.7. The zero-order valence-electron chi connectivity index (χ0n) is 16.7. The Bertz CT molecular complexity index is 1270. The van der Waals surface area contributed by atoms with Crippen molar-refractivity contribution in [1.82, 2.24) is 0 Å². The maximum absolute atomic E-state index is 12.7. The Morgan fingerprint density at radius 1 is 0.767 bits per heavy atom. The van der Waals surface area contributed by atoms with E-state index in [0.29, 0.717) is 17.0 Å². The van der Waals surface area contributed by atoms with E-state index in [4.69, 9.17) is 4.74 Å². The molecule has 3 aromatic rings. The van der Waals surface area contributed by atoms with Gasteiger partial charge in [0.25, 0.3) is 20.0 Å². The van der Waals surface area contributed by atoms with Gasteiger partial charge in [0.1, 0.15) is 5.75 Å². The molecular formula is C21H22N2O5S2. The first-order valence-electron chi connectivity index (χ1n) is 8.98. The molecule has 0 fully saturated rings. The summed E-state index contributed by atoms with van der Waals surface area (Å²) in [6.45, 7) is 3.53. The van der Waals surface area contributed by atoms with Crippen LogP contribution in [0.25, 0.3) is 0 Å². The number of benzene rings is 3. The molecular weight excluding hydrogens is 424 g/mol. The fraction of sp³-hybridized carbons (Fsp3) is 0.143. The number of ether oxygens (including phenoxy) is 1. The molecule has 3 rings (SSSR count). The average Bonchev–Trinajstić information content (AvgIpc) is 2.70. The van der Waals surface area contributed by atoms with Crippen molar-refractivity contribution in [3.63, 3.8) is 0 Å². The van der Waals surface area contributed by atoms with Crippen molar-refractivity contribution >= 4 is 31.4 Å². The molecule has 0 aliphatic carbocycles. The molecule has 0 aliphatic rings. The largest absolute Gasteiger partial charge is 0.495 e. The van der Waals surface area contributed by atoms with Crippen LogP contribution in [0.1, 0.15) is 11.1 Å². The quantitative estimate of drug-likeness (QED) is 0.573. The van der Waals surface area contributed by atoms with Crippen LogP contribution < -0.4 is 14.2 Å². The molecule has 0 amide bonds. The Hall–Kier alpha value is -3.04. The number of hydrogen-bond acceptors (Lipinski definition) is 5. The number of sulfonamides is 2. The Kier molecular flexibility index (Phi) is 6.04. The molecule has 9 heteroatoms. The highest BCUT2D eigenvalue weighted by Gasteiger charge is 2.19. The third kappa shape index (κ3) is 4.74. The SMILES string of the molecule is COc1ccccc1NS(=O)(=O)c1ccc(NS(=O)(=O)c2cc(C)ccc2C)cc1. The fourth-order valence-electron chi connectivity index (χ4n) is 2.84. The number of methoxy groups -OCH3 is 1. The third-order valence-electron chi connectivity index (χ3n) is 4.40. The highest BCUT2D eigenvalue weighted by molar-refractivity contribution is 7.93. The molecule has 0 radical (unpaired) electrons. The Labute approximate surface area is 176 Å². The number of para-hydroxylation sites is 2. The Balaban J connectivity index is 1.83. The molecule has 0 aromatic heterocycles. The Morgan fingerprint density at radius 3 is 2.10 bits per heavy atom. The van der Waals surface area contributed by atoms with Crippen molar-refractivity contribution in [1.29, 1.82) is 0 Å². The van der Waals surface area contributed by atoms with E-state index in [2.05, 4.69) is 9.44 Å². The lowest BCUT2D eigenvalue weighted by Crippen LogP contribution is -2.15. The molecule has 158 valence electrons. The normalized spacial score (nSPS) is 11.7. The second kappa shape index (κ2) is 8.37. The minimum Gasteiger partial charge on any atom is -0.495 e. The zero-order chi connectivity index (χ0) is 21.9. The molecule has 0 aliphatic heterocycles. The highest BCUT2D eigenvalue weighted by atomic mass is 32.2. The zero-order valence-corrected chi connectivity index (χ0v) is 18.3. The number of aryl methyl sites for hydroxylation is 2. The van der Waals surface area contributed by atoms with E-state index >= 15 is 0 Å². The number of anilines is 2. The van der Waals surface area contributed by atoms with Crippen molar-refractivity contribution in [3.05, 3.63) is 77.9 Å². The summed E-state index contributed by atoms with van der Waals surface area (Å²) < 4.78 is 60.9. The van der Waals surface area contributed by atoms with E-state index in [9.17, 15) is 16.8 Å². The van der Waals surface area contributed by atoms with Crippen LogP contribution >= 0.6 is 0 Å². The predicted molar refractivity (Wildman–Crippen MR) is 117 cm³/mol. The van der Waals surface area contributed by atoms with E-state index in [1.54, 1.807) is 43.3 Å². The van der Waals surface area contributed by atoms with Gasteiger partial charge in [-0.2, -0.15) is 0 Å². The van der Waals surface area contributed by atoms with Gasteiger partial charge < -0.3 is 4.74 Å². The molecule has 0 unspecified atom stereocenters. The molecule has 0 bridgehead atoms. The summed E-state index contributed by atoms with van der Waals surface area (Å²) in [5.41, 5.74) is 2.00. The van der Waals surface area contributed by atoms with Crippen LogP contribution in [0.3, 0.4) is 0 Å². The van der Waals surface area contributed by atoms with Crippen molar-refractivity contribution in [3.8, 4) is 5.75 Å². The van der Waals surface area contributed by atoms with E-state index in [1.165, 1.54) is 31.4 Å². The highest BCUT2D eigenvalue weighted by Crippen LogP contribution is 2.27. The van der Waals surface area contributed by atoms with Gasteiger partial charge >= 0.3 is 0 Å². The number of hydrogen-bond donors (Lipinski definition) is 2. The minimum atomic E-state index is -3.88. The van der Waals surface area contributed by atoms with Gasteiger partial charge in [0.15, 0.2) is 0 Å². The minimum absolute atomic E-state index is 0.0110. The molecule has 0 saturated carbocycles. The molecule has 0 saturated heterocycles. The lowest BCUT2D eigenvalue weighted by Gasteiger charge is -2.13. The van der Waals surface area contributed by atoms with E-state index < -0.39 is 20.0 Å². The second-order valence-corrected chi connectivity index (χ2v) is 10.0. The maximum Gasteiger partial charge on any atom is 0.262 e. The average molecular weight is 447 g/mol. The summed E-state index contributed by atoms with van der Waals surface area (Å²) in [5.74, 6) is 0.388. The van der Waals surface area contributed by atoms with E-state index in [0.717, 1.165) is 5.56 Å². The van der Waals surface area contributed by atoms with E-state index in [-0.39, 0.29) is 15.5 Å². The van der Waals surface area contributed by atoms with Crippen LogP contribution in [-0.2, 0) is 20.0 Å². The smallest absolute Gasteiger partial charge is 0.262 e. The summed E-state index contributed by atoms with van der Waals surface area (Å²) in [5, 5.41) is 0. The van der Waals surface area contributed by atoms with Gasteiger partial charge in [0.05, 0.1) is 22.6 Å². The molecule has 2 N–H and O–H groups in total. The lowest BCUT2D eigenvalue weighted by molar-refractivity contribution is 0.417. The molecule has 3 aromatic carbocycles. The second-order valence-electron chi connectivity index (χ2n) is 6.70. The van der Waals surface area contributed by atoms with Crippen molar-refractivity contribution in [2.45, 2.75) is 23.6 Å². The fourth-order valence-corrected chi connectivity index (χ4v) is 5.30. The standard InChI is InChI=1S/C21H22N2O5S2/c1-15-8-9-16(2)21(14-15)30(26,27)22-17-10-12-18(13-11-17)29(24,25)23-19-6-4-5-7-20(19)28-3/h4-14,22-23H,1-3H3. The number of nitrogens with one attached hydrogen (secondary N) is 2. The van der Waals surface area contributed by atoms with Crippen molar-refractivity contribution in [2.75, 3.05) is 16.6 Å². The third-order valence-corrected chi connectivity index (χ3v) is 7.31. The van der Waals surface area contributed by atoms with Gasteiger partial charge in [-0.15, -0.1) is 0 Å². The van der Waals surface area contributed by atoms with Gasteiger partial charge in [-0.1, -0.05) is 24.3 Å². The summed E-state index contributed by atoms with van der Waals surface area (Å²) in [4.78, 5) is 0.167. The molecule has 0 heterocycles. The summed E-state index contributed by atoms with van der Waals surface area (Å²) >= 11 is 0. The van der Waals surface area contributed by atoms with Gasteiger partial charge in [-0.05, 0) is 67.4 Å². The van der Waals surface area contributed by atoms with Crippen LogP contribution in [0.2, 0.25) is 0 Å².